The van der Waals surface area contributed by atoms with Gasteiger partial charge in [-0.05, 0) is 29.2 Å². The maximum Gasteiger partial charge on any atom is 0.269 e. The lowest BCUT2D eigenvalue weighted by atomic mass is 10.0. The van der Waals surface area contributed by atoms with Crippen molar-refractivity contribution < 1.29 is 0 Å². The molecule has 7 heteroatoms. The van der Waals surface area contributed by atoms with Gasteiger partial charge in [0, 0.05) is 5.75 Å². The number of nitrogens with one attached hydrogen (secondary N) is 1. The molecule has 4 rings (SSSR count). The standard InChI is InChI=1S/C20H19N5OS/c1-13(2)15-9-7-14(8-10-15)11-27-20-23-17-6-4-3-5-16(17)18(26)25(20)19-21-12-22-24-19/h3-10,12-13H,11H2,1-2H3,(H,21,22,24). The maximum atomic E-state index is 13.0. The van der Waals surface area contributed by atoms with Crippen molar-refractivity contribution in [1.29, 1.82) is 0 Å². The number of aromatic amines is 1. The Hall–Kier alpha value is -2.93. The zero-order chi connectivity index (χ0) is 18.8. The second kappa shape index (κ2) is 7.36. The lowest BCUT2D eigenvalue weighted by Crippen LogP contribution is -2.22. The minimum Gasteiger partial charge on any atom is -0.268 e. The van der Waals surface area contributed by atoms with Crippen molar-refractivity contribution in [3.8, 4) is 5.95 Å². The second-order valence-electron chi connectivity index (χ2n) is 6.55. The summed E-state index contributed by atoms with van der Waals surface area (Å²) in [4.78, 5) is 21.8. The number of hydrogen-bond acceptors (Lipinski definition) is 5. The van der Waals surface area contributed by atoms with Crippen LogP contribution in [-0.4, -0.2) is 24.7 Å². The molecule has 4 aromatic rings. The SMILES string of the molecule is CC(C)c1ccc(CSc2nc3ccccc3c(=O)n2-c2ncn[nH]2)cc1. The van der Waals surface area contributed by atoms with Crippen LogP contribution in [0.15, 0.2) is 64.8 Å². The monoisotopic (exact) mass is 377 g/mol. The van der Waals surface area contributed by atoms with Gasteiger partial charge in [0.25, 0.3) is 5.56 Å². The maximum absolute atomic E-state index is 13.0. The molecule has 0 spiro atoms. The summed E-state index contributed by atoms with van der Waals surface area (Å²) in [6.07, 6.45) is 1.38. The molecule has 0 unspecified atom stereocenters. The summed E-state index contributed by atoms with van der Waals surface area (Å²) in [6, 6.07) is 15.9. The minimum absolute atomic E-state index is 0.157. The summed E-state index contributed by atoms with van der Waals surface area (Å²) in [5.74, 6) is 1.58. The molecule has 136 valence electrons. The first-order valence-electron chi connectivity index (χ1n) is 8.72. The molecular formula is C20H19N5OS. The van der Waals surface area contributed by atoms with E-state index in [0.717, 1.165) is 0 Å². The number of nitrogens with zero attached hydrogens (tertiary/aromatic N) is 4. The second-order valence-corrected chi connectivity index (χ2v) is 7.49. The van der Waals surface area contributed by atoms with Crippen LogP contribution in [0.1, 0.15) is 30.9 Å². The van der Waals surface area contributed by atoms with Gasteiger partial charge in [0.05, 0.1) is 10.9 Å². The lowest BCUT2D eigenvalue weighted by Gasteiger charge is -2.11. The molecule has 0 saturated heterocycles. The first-order chi connectivity index (χ1) is 13.1. The molecule has 1 N–H and O–H groups in total. The molecule has 0 aliphatic heterocycles. The van der Waals surface area contributed by atoms with Crippen LogP contribution in [0.5, 0.6) is 0 Å². The summed E-state index contributed by atoms with van der Waals surface area (Å²) >= 11 is 1.51. The molecule has 0 saturated carbocycles. The first kappa shape index (κ1) is 17.5. The Kier molecular flexibility index (Phi) is 4.77. The predicted octanol–water partition coefficient (Wildman–Crippen LogP) is 3.92. The fourth-order valence-electron chi connectivity index (χ4n) is 2.85. The normalized spacial score (nSPS) is 11.4. The van der Waals surface area contributed by atoms with Crippen LogP contribution in [0.4, 0.5) is 0 Å². The van der Waals surface area contributed by atoms with Crippen LogP contribution < -0.4 is 5.56 Å². The molecule has 0 fully saturated rings. The van der Waals surface area contributed by atoms with E-state index in [-0.39, 0.29) is 5.56 Å². The third kappa shape index (κ3) is 3.50. The first-order valence-corrected chi connectivity index (χ1v) is 9.71. The number of aromatic nitrogens is 5. The third-order valence-corrected chi connectivity index (χ3v) is 5.38. The topological polar surface area (TPSA) is 76.5 Å². The molecule has 0 atom stereocenters. The predicted molar refractivity (Wildman–Crippen MR) is 107 cm³/mol. The van der Waals surface area contributed by atoms with E-state index in [1.807, 2.05) is 18.2 Å². The molecule has 0 amide bonds. The van der Waals surface area contributed by atoms with Crippen molar-refractivity contribution in [1.82, 2.24) is 24.7 Å². The molecular weight excluding hydrogens is 358 g/mol. The van der Waals surface area contributed by atoms with Crippen LogP contribution in [0, 0.1) is 0 Å². The van der Waals surface area contributed by atoms with E-state index in [9.17, 15) is 4.79 Å². The molecule has 0 bridgehead atoms. The van der Waals surface area contributed by atoms with Crippen LogP contribution in [0.2, 0.25) is 0 Å². The molecule has 27 heavy (non-hydrogen) atoms. The lowest BCUT2D eigenvalue weighted by molar-refractivity contribution is 0.771. The third-order valence-electron chi connectivity index (χ3n) is 4.37. The van der Waals surface area contributed by atoms with Crippen molar-refractivity contribution in [2.24, 2.45) is 0 Å². The van der Waals surface area contributed by atoms with E-state index in [1.54, 1.807) is 6.07 Å². The summed E-state index contributed by atoms with van der Waals surface area (Å²) in [6.45, 7) is 4.36. The number of para-hydroxylation sites is 1. The summed E-state index contributed by atoms with van der Waals surface area (Å²) in [5.41, 5.74) is 3.01. The van der Waals surface area contributed by atoms with Gasteiger partial charge >= 0.3 is 0 Å². The zero-order valence-corrected chi connectivity index (χ0v) is 15.9. The fourth-order valence-corrected chi connectivity index (χ4v) is 3.80. The van der Waals surface area contributed by atoms with Crippen LogP contribution in [0.25, 0.3) is 16.9 Å². The van der Waals surface area contributed by atoms with Crippen molar-refractivity contribution in [3.63, 3.8) is 0 Å². The van der Waals surface area contributed by atoms with Gasteiger partial charge < -0.3 is 0 Å². The Morgan fingerprint density at radius 3 is 2.59 bits per heavy atom. The number of thioether (sulfide) groups is 1. The van der Waals surface area contributed by atoms with E-state index >= 15 is 0 Å². The molecule has 2 aromatic carbocycles. The van der Waals surface area contributed by atoms with E-state index < -0.39 is 0 Å². The Labute approximate surface area is 160 Å². The Bertz CT molecular complexity index is 1120. The van der Waals surface area contributed by atoms with Crippen molar-refractivity contribution >= 4 is 22.7 Å². The van der Waals surface area contributed by atoms with Crippen molar-refractivity contribution in [3.05, 3.63) is 76.3 Å². The molecule has 2 heterocycles. The zero-order valence-electron chi connectivity index (χ0n) is 15.1. The van der Waals surface area contributed by atoms with Crippen LogP contribution >= 0.6 is 11.8 Å². The number of rotatable bonds is 5. The Morgan fingerprint density at radius 2 is 1.89 bits per heavy atom. The molecule has 0 aliphatic rings. The smallest absolute Gasteiger partial charge is 0.268 e. The van der Waals surface area contributed by atoms with Gasteiger partial charge in [-0.3, -0.25) is 4.79 Å². The molecule has 0 aliphatic carbocycles. The highest BCUT2D eigenvalue weighted by molar-refractivity contribution is 7.98. The van der Waals surface area contributed by atoms with Crippen molar-refractivity contribution in [2.75, 3.05) is 0 Å². The molecule has 6 nitrogen and oxygen atoms in total. The van der Waals surface area contributed by atoms with E-state index in [2.05, 4.69) is 53.3 Å². The quantitative estimate of drug-likeness (QED) is 0.421. The molecule has 2 aromatic heterocycles. The van der Waals surface area contributed by atoms with Gasteiger partial charge in [-0.25, -0.2) is 14.6 Å². The average molecular weight is 377 g/mol. The van der Waals surface area contributed by atoms with Crippen molar-refractivity contribution in [2.45, 2.75) is 30.7 Å². The summed E-state index contributed by atoms with van der Waals surface area (Å²) in [5, 5.41) is 7.78. The Balaban J connectivity index is 1.72. The number of benzene rings is 2. The van der Waals surface area contributed by atoms with Gasteiger partial charge in [0.2, 0.25) is 5.95 Å². The van der Waals surface area contributed by atoms with Gasteiger partial charge in [-0.2, -0.15) is 10.1 Å². The minimum atomic E-state index is -0.157. The molecule has 0 radical (unpaired) electrons. The number of fused-ring (bicyclic) bond motifs is 1. The summed E-state index contributed by atoms with van der Waals surface area (Å²) < 4.78 is 1.49. The van der Waals surface area contributed by atoms with Gasteiger partial charge in [0.1, 0.15) is 6.33 Å². The highest BCUT2D eigenvalue weighted by Gasteiger charge is 2.15. The largest absolute Gasteiger partial charge is 0.269 e. The summed E-state index contributed by atoms with van der Waals surface area (Å²) in [7, 11) is 0. The van der Waals surface area contributed by atoms with Crippen LogP contribution in [0.3, 0.4) is 0 Å². The van der Waals surface area contributed by atoms with Gasteiger partial charge in [-0.1, -0.05) is 62.0 Å². The van der Waals surface area contributed by atoms with E-state index in [1.165, 1.54) is 33.8 Å². The number of H-pyrrole nitrogens is 1. The fraction of sp³-hybridized carbons (Fsp3) is 0.200. The van der Waals surface area contributed by atoms with Gasteiger partial charge in [-0.15, -0.1) is 0 Å². The van der Waals surface area contributed by atoms with E-state index in [0.29, 0.717) is 33.7 Å². The van der Waals surface area contributed by atoms with Gasteiger partial charge in [0.15, 0.2) is 5.16 Å². The van der Waals surface area contributed by atoms with Crippen LogP contribution in [-0.2, 0) is 5.75 Å². The average Bonchev–Trinajstić information content (AvgIpc) is 3.21. The Morgan fingerprint density at radius 1 is 1.11 bits per heavy atom. The highest BCUT2D eigenvalue weighted by Crippen LogP contribution is 2.24. The number of hydrogen-bond donors (Lipinski definition) is 1. The van der Waals surface area contributed by atoms with E-state index in [4.69, 9.17) is 4.98 Å². The highest BCUT2D eigenvalue weighted by atomic mass is 32.2.